The predicted octanol–water partition coefficient (Wildman–Crippen LogP) is 2.20. The molecule has 1 amide bonds. The summed E-state index contributed by atoms with van der Waals surface area (Å²) in [7, 11) is 1.63. The first kappa shape index (κ1) is 11.7. The van der Waals surface area contributed by atoms with E-state index in [1.54, 1.807) is 7.05 Å². The molecular weight excluding hydrogens is 162 g/mol. The molecule has 1 N–H and O–H groups in total. The third-order valence-corrected chi connectivity index (χ3v) is 1.49. The van der Waals surface area contributed by atoms with Crippen molar-refractivity contribution in [2.45, 2.75) is 20.3 Å². The third kappa shape index (κ3) is 5.01. The quantitative estimate of drug-likeness (QED) is 0.520. The van der Waals surface area contributed by atoms with Gasteiger partial charge in [-0.25, -0.2) is 0 Å². The van der Waals surface area contributed by atoms with Crippen LogP contribution in [-0.2, 0) is 4.79 Å². The Morgan fingerprint density at radius 3 is 2.54 bits per heavy atom. The number of hydrogen-bond donors (Lipinski definition) is 1. The van der Waals surface area contributed by atoms with Gasteiger partial charge in [-0.15, -0.1) is 0 Å². The van der Waals surface area contributed by atoms with E-state index in [1.165, 1.54) is 0 Å². The Hall–Kier alpha value is -1.31. The SMILES string of the molecule is C\C=C/C=C\C(=C\CC)C(=O)NC. The minimum absolute atomic E-state index is 0.0393. The van der Waals surface area contributed by atoms with Crippen LogP contribution in [0.3, 0.4) is 0 Å². The van der Waals surface area contributed by atoms with Gasteiger partial charge in [0.05, 0.1) is 0 Å². The Labute approximate surface area is 80.0 Å². The fraction of sp³-hybridized carbons (Fsp3) is 0.364. The topological polar surface area (TPSA) is 29.1 Å². The predicted molar refractivity (Wildman–Crippen MR) is 56.4 cm³/mol. The summed E-state index contributed by atoms with van der Waals surface area (Å²) in [6, 6.07) is 0. The van der Waals surface area contributed by atoms with Crippen LogP contribution in [0.1, 0.15) is 20.3 Å². The van der Waals surface area contributed by atoms with Gasteiger partial charge in [0.1, 0.15) is 0 Å². The second-order valence-corrected chi connectivity index (χ2v) is 2.53. The fourth-order valence-corrected chi connectivity index (χ4v) is 0.871. The van der Waals surface area contributed by atoms with E-state index >= 15 is 0 Å². The molecule has 0 bridgehead atoms. The molecule has 0 saturated carbocycles. The molecule has 0 aliphatic rings. The minimum atomic E-state index is -0.0393. The lowest BCUT2D eigenvalue weighted by atomic mass is 10.2. The number of likely N-dealkylation sites (N-methyl/N-ethyl adjacent to an activating group) is 1. The monoisotopic (exact) mass is 179 g/mol. The highest BCUT2D eigenvalue weighted by atomic mass is 16.1. The van der Waals surface area contributed by atoms with Gasteiger partial charge in [-0.3, -0.25) is 4.79 Å². The van der Waals surface area contributed by atoms with Crippen LogP contribution < -0.4 is 5.32 Å². The molecule has 0 unspecified atom stereocenters. The average molecular weight is 179 g/mol. The first-order valence-corrected chi connectivity index (χ1v) is 4.47. The molecule has 2 heteroatoms. The van der Waals surface area contributed by atoms with Crippen LogP contribution in [0.5, 0.6) is 0 Å². The Morgan fingerprint density at radius 2 is 2.08 bits per heavy atom. The summed E-state index contributed by atoms with van der Waals surface area (Å²) in [5.41, 5.74) is 0.711. The van der Waals surface area contributed by atoms with Crippen LogP contribution in [0.2, 0.25) is 0 Å². The number of rotatable bonds is 4. The van der Waals surface area contributed by atoms with E-state index in [4.69, 9.17) is 0 Å². The molecule has 0 heterocycles. The summed E-state index contributed by atoms with van der Waals surface area (Å²) >= 11 is 0. The molecule has 0 aliphatic heterocycles. The van der Waals surface area contributed by atoms with Gasteiger partial charge >= 0.3 is 0 Å². The van der Waals surface area contributed by atoms with E-state index in [1.807, 2.05) is 44.2 Å². The lowest BCUT2D eigenvalue weighted by molar-refractivity contribution is -0.116. The average Bonchev–Trinajstić information content (AvgIpc) is 2.16. The first-order valence-electron chi connectivity index (χ1n) is 4.47. The molecule has 0 atom stereocenters. The lowest BCUT2D eigenvalue weighted by Crippen LogP contribution is -2.18. The lowest BCUT2D eigenvalue weighted by Gasteiger charge is -1.98. The molecule has 0 fully saturated rings. The second-order valence-electron chi connectivity index (χ2n) is 2.53. The van der Waals surface area contributed by atoms with Crippen molar-refractivity contribution in [2.75, 3.05) is 7.05 Å². The number of hydrogen-bond acceptors (Lipinski definition) is 1. The van der Waals surface area contributed by atoms with E-state index < -0.39 is 0 Å². The molecule has 0 aromatic heterocycles. The summed E-state index contributed by atoms with van der Waals surface area (Å²) < 4.78 is 0. The number of allylic oxidation sites excluding steroid dienone is 4. The van der Waals surface area contributed by atoms with Gasteiger partial charge in [-0.2, -0.15) is 0 Å². The van der Waals surface area contributed by atoms with Gasteiger partial charge in [0, 0.05) is 12.6 Å². The van der Waals surface area contributed by atoms with Crippen molar-refractivity contribution in [3.63, 3.8) is 0 Å². The molecule has 0 saturated heterocycles. The summed E-state index contributed by atoms with van der Waals surface area (Å²) in [6.07, 6.45) is 10.2. The standard InChI is InChI=1S/C11H17NO/c1-4-6-7-9-10(8-5-2)11(13)12-3/h4,6-9H,5H2,1-3H3,(H,12,13)/b6-4-,9-7-,10-8-. The Bertz CT molecular complexity index is 236. The number of carbonyl (C=O) groups excluding carboxylic acids is 1. The van der Waals surface area contributed by atoms with Crippen LogP contribution in [0.15, 0.2) is 36.0 Å². The van der Waals surface area contributed by atoms with E-state index in [2.05, 4.69) is 5.32 Å². The Balaban J connectivity index is 4.44. The van der Waals surface area contributed by atoms with Crippen molar-refractivity contribution in [3.05, 3.63) is 36.0 Å². The fourth-order valence-electron chi connectivity index (χ4n) is 0.871. The highest BCUT2D eigenvalue weighted by Gasteiger charge is 2.00. The number of nitrogens with one attached hydrogen (secondary N) is 1. The van der Waals surface area contributed by atoms with Crippen molar-refractivity contribution < 1.29 is 4.79 Å². The summed E-state index contributed by atoms with van der Waals surface area (Å²) in [5, 5.41) is 2.59. The van der Waals surface area contributed by atoms with Gasteiger partial charge in [-0.1, -0.05) is 31.2 Å². The van der Waals surface area contributed by atoms with Gasteiger partial charge in [0.2, 0.25) is 0 Å². The largest absolute Gasteiger partial charge is 0.355 e. The number of amides is 1. The Kier molecular flexibility index (Phi) is 6.60. The molecule has 72 valence electrons. The van der Waals surface area contributed by atoms with Gasteiger partial charge in [0.25, 0.3) is 5.91 Å². The zero-order valence-corrected chi connectivity index (χ0v) is 8.50. The van der Waals surface area contributed by atoms with Crippen LogP contribution in [-0.4, -0.2) is 13.0 Å². The maximum absolute atomic E-state index is 11.2. The number of carbonyl (C=O) groups is 1. The molecule has 0 rings (SSSR count). The molecule has 0 radical (unpaired) electrons. The Morgan fingerprint density at radius 1 is 1.38 bits per heavy atom. The smallest absolute Gasteiger partial charge is 0.250 e. The van der Waals surface area contributed by atoms with E-state index in [0.29, 0.717) is 5.57 Å². The van der Waals surface area contributed by atoms with Crippen LogP contribution >= 0.6 is 0 Å². The maximum Gasteiger partial charge on any atom is 0.250 e. The highest BCUT2D eigenvalue weighted by molar-refractivity contribution is 5.95. The summed E-state index contributed by atoms with van der Waals surface area (Å²) in [4.78, 5) is 11.2. The van der Waals surface area contributed by atoms with Crippen LogP contribution in [0.25, 0.3) is 0 Å². The first-order chi connectivity index (χ1) is 6.26. The summed E-state index contributed by atoms with van der Waals surface area (Å²) in [5.74, 6) is -0.0393. The maximum atomic E-state index is 11.2. The second kappa shape index (κ2) is 7.35. The summed E-state index contributed by atoms with van der Waals surface area (Å²) in [6.45, 7) is 3.94. The van der Waals surface area contributed by atoms with E-state index in [0.717, 1.165) is 6.42 Å². The van der Waals surface area contributed by atoms with Gasteiger partial charge in [-0.05, 0) is 19.4 Å². The molecule has 0 aromatic carbocycles. The molecule has 0 aliphatic carbocycles. The molecule has 0 spiro atoms. The third-order valence-electron chi connectivity index (χ3n) is 1.49. The van der Waals surface area contributed by atoms with Crippen LogP contribution in [0.4, 0.5) is 0 Å². The zero-order chi connectivity index (χ0) is 10.1. The molecular formula is C11H17NO. The van der Waals surface area contributed by atoms with Crippen molar-refractivity contribution in [1.29, 1.82) is 0 Å². The van der Waals surface area contributed by atoms with Crippen molar-refractivity contribution in [1.82, 2.24) is 5.32 Å². The minimum Gasteiger partial charge on any atom is -0.355 e. The highest BCUT2D eigenvalue weighted by Crippen LogP contribution is 1.99. The molecule has 0 aromatic rings. The normalized spacial score (nSPS) is 12.7. The van der Waals surface area contributed by atoms with Crippen molar-refractivity contribution in [3.8, 4) is 0 Å². The van der Waals surface area contributed by atoms with Gasteiger partial charge < -0.3 is 5.32 Å². The van der Waals surface area contributed by atoms with E-state index in [-0.39, 0.29) is 5.91 Å². The van der Waals surface area contributed by atoms with E-state index in [9.17, 15) is 4.79 Å². The van der Waals surface area contributed by atoms with Crippen molar-refractivity contribution >= 4 is 5.91 Å². The molecule has 13 heavy (non-hydrogen) atoms. The van der Waals surface area contributed by atoms with Crippen molar-refractivity contribution in [2.24, 2.45) is 0 Å². The molecule has 2 nitrogen and oxygen atoms in total. The van der Waals surface area contributed by atoms with Gasteiger partial charge in [0.15, 0.2) is 0 Å². The van der Waals surface area contributed by atoms with Crippen LogP contribution in [0, 0.1) is 0 Å². The zero-order valence-electron chi connectivity index (χ0n) is 8.50.